The van der Waals surface area contributed by atoms with Crippen molar-refractivity contribution in [3.05, 3.63) is 33.1 Å². The molecule has 1 aromatic rings. The maximum absolute atomic E-state index is 12.0. The summed E-state index contributed by atoms with van der Waals surface area (Å²) in [7, 11) is -3.73. The largest absolute Gasteiger partial charge is 0.333 e. The van der Waals surface area contributed by atoms with Crippen molar-refractivity contribution in [2.45, 2.75) is 33.0 Å². The summed E-state index contributed by atoms with van der Waals surface area (Å²) in [6, 6.07) is 1.22. The van der Waals surface area contributed by atoms with Gasteiger partial charge < -0.3 is 4.89 Å². The first-order valence-electron chi connectivity index (χ1n) is 5.30. The van der Waals surface area contributed by atoms with Gasteiger partial charge in [-0.1, -0.05) is 0 Å². The maximum Gasteiger partial charge on any atom is 0.333 e. The third-order valence-corrected chi connectivity index (χ3v) is 2.81. The Balaban J connectivity index is 3.25. The van der Waals surface area contributed by atoms with Crippen molar-refractivity contribution in [2.75, 3.05) is 6.66 Å². The average Bonchev–Trinajstić information content (AvgIpc) is 2.13. The molecule has 0 saturated heterocycles. The first-order chi connectivity index (χ1) is 8.02. The van der Waals surface area contributed by atoms with Crippen LogP contribution in [0.2, 0.25) is 0 Å². The van der Waals surface area contributed by atoms with Crippen LogP contribution in [0.25, 0.3) is 0 Å². The summed E-state index contributed by atoms with van der Waals surface area (Å²) >= 11 is 0. The van der Waals surface area contributed by atoms with Gasteiger partial charge in [-0.15, -0.1) is 0 Å². The van der Waals surface area contributed by atoms with Crippen molar-refractivity contribution < 1.29 is 14.0 Å². The van der Waals surface area contributed by atoms with Gasteiger partial charge in [-0.25, -0.2) is 9.36 Å². The van der Waals surface area contributed by atoms with Gasteiger partial charge in [0.2, 0.25) is 0 Å². The van der Waals surface area contributed by atoms with E-state index in [1.165, 1.54) is 16.8 Å². The van der Waals surface area contributed by atoms with E-state index in [9.17, 15) is 14.2 Å². The zero-order chi connectivity index (χ0) is 14.1. The highest BCUT2D eigenvalue weighted by molar-refractivity contribution is 7.51. The highest BCUT2D eigenvalue weighted by atomic mass is 31.2. The van der Waals surface area contributed by atoms with Crippen molar-refractivity contribution in [1.82, 2.24) is 9.13 Å². The topological polar surface area (TPSA) is 90.5 Å². The van der Waals surface area contributed by atoms with Gasteiger partial charge in [-0.3, -0.25) is 18.5 Å². The Bertz CT molecular complexity index is 590. The molecule has 0 aliphatic carbocycles. The van der Waals surface area contributed by atoms with E-state index in [1.807, 2.05) is 0 Å². The molecule has 0 spiro atoms. The molecule has 0 fully saturated rings. The molecule has 1 heterocycles. The van der Waals surface area contributed by atoms with E-state index in [4.69, 9.17) is 4.89 Å². The minimum Gasteiger partial charge on any atom is -0.324 e. The maximum atomic E-state index is 12.0. The SMILES string of the molecule is CC(C)(C)n1ccc(=O)n(COP(C)(=O)O)c1=O. The van der Waals surface area contributed by atoms with Gasteiger partial charge in [-0.2, -0.15) is 0 Å². The summed E-state index contributed by atoms with van der Waals surface area (Å²) < 4.78 is 17.7. The Hall–Kier alpha value is -1.17. The first kappa shape index (κ1) is 14.9. The van der Waals surface area contributed by atoms with Gasteiger partial charge in [0.1, 0.15) is 6.73 Å². The van der Waals surface area contributed by atoms with Crippen LogP contribution < -0.4 is 11.2 Å². The predicted molar refractivity (Wildman–Crippen MR) is 66.8 cm³/mol. The van der Waals surface area contributed by atoms with Gasteiger partial charge in [0.15, 0.2) is 0 Å². The minimum absolute atomic E-state index is 0.498. The second-order valence-electron chi connectivity index (χ2n) is 4.97. The number of aromatic nitrogens is 2. The normalized spacial score (nSPS) is 15.4. The molecular formula is C10H17N2O5P. The van der Waals surface area contributed by atoms with Crippen LogP contribution in [0, 0.1) is 0 Å². The fourth-order valence-electron chi connectivity index (χ4n) is 1.31. The Morgan fingerprint density at radius 1 is 1.39 bits per heavy atom. The van der Waals surface area contributed by atoms with Crippen molar-refractivity contribution in [3.8, 4) is 0 Å². The number of hydrogen-bond acceptors (Lipinski definition) is 4. The van der Waals surface area contributed by atoms with Crippen molar-refractivity contribution in [2.24, 2.45) is 0 Å². The molecule has 1 N–H and O–H groups in total. The average molecular weight is 276 g/mol. The molecule has 18 heavy (non-hydrogen) atoms. The van der Waals surface area contributed by atoms with E-state index >= 15 is 0 Å². The third-order valence-electron chi connectivity index (χ3n) is 2.22. The van der Waals surface area contributed by atoms with Crippen molar-refractivity contribution in [1.29, 1.82) is 0 Å². The molecule has 0 saturated carbocycles. The Morgan fingerprint density at radius 3 is 2.39 bits per heavy atom. The zero-order valence-corrected chi connectivity index (χ0v) is 11.7. The molecule has 0 aliphatic rings. The number of nitrogens with zero attached hydrogens (tertiary/aromatic N) is 2. The molecule has 0 amide bonds. The standard InChI is InChI=1S/C10H17N2O5P/c1-10(2,3)12-6-5-8(13)11(9(12)14)7-17-18(4,15)16/h5-6H,7H2,1-4H3,(H,15,16). The molecule has 0 bridgehead atoms. The quantitative estimate of drug-likeness (QED) is 0.814. The van der Waals surface area contributed by atoms with E-state index in [0.29, 0.717) is 0 Å². The second kappa shape index (κ2) is 4.84. The van der Waals surface area contributed by atoms with E-state index < -0.39 is 31.1 Å². The van der Waals surface area contributed by atoms with Gasteiger partial charge in [0, 0.05) is 24.5 Å². The highest BCUT2D eigenvalue weighted by Gasteiger charge is 2.18. The summed E-state index contributed by atoms with van der Waals surface area (Å²) in [4.78, 5) is 32.6. The lowest BCUT2D eigenvalue weighted by atomic mass is 10.1. The lowest BCUT2D eigenvalue weighted by Gasteiger charge is -2.22. The van der Waals surface area contributed by atoms with Gasteiger partial charge in [-0.05, 0) is 20.8 Å². The molecule has 8 heteroatoms. The van der Waals surface area contributed by atoms with Crippen LogP contribution in [0.15, 0.2) is 21.9 Å². The van der Waals surface area contributed by atoms with Gasteiger partial charge >= 0.3 is 13.3 Å². The molecule has 1 aromatic heterocycles. The summed E-state index contributed by atoms with van der Waals surface area (Å²) in [6.45, 7) is 5.87. The smallest absolute Gasteiger partial charge is 0.324 e. The fourth-order valence-corrected chi connectivity index (χ4v) is 1.64. The van der Waals surface area contributed by atoms with Crippen LogP contribution in [-0.4, -0.2) is 20.7 Å². The van der Waals surface area contributed by atoms with Crippen LogP contribution in [0.3, 0.4) is 0 Å². The van der Waals surface area contributed by atoms with Crippen molar-refractivity contribution in [3.63, 3.8) is 0 Å². The van der Waals surface area contributed by atoms with E-state index in [1.54, 1.807) is 20.8 Å². The monoisotopic (exact) mass is 276 g/mol. The molecular weight excluding hydrogens is 259 g/mol. The van der Waals surface area contributed by atoms with Crippen LogP contribution in [-0.2, 0) is 21.4 Å². The molecule has 0 radical (unpaired) electrons. The Kier molecular flexibility index (Phi) is 4.00. The highest BCUT2D eigenvalue weighted by Crippen LogP contribution is 2.36. The summed E-state index contributed by atoms with van der Waals surface area (Å²) in [5, 5.41) is 0. The van der Waals surface area contributed by atoms with Crippen LogP contribution in [0.4, 0.5) is 0 Å². The number of hydrogen-bond donors (Lipinski definition) is 1. The molecule has 0 aromatic carbocycles. The second-order valence-corrected chi connectivity index (χ2v) is 6.83. The Morgan fingerprint density at radius 2 is 1.94 bits per heavy atom. The van der Waals surface area contributed by atoms with Crippen molar-refractivity contribution >= 4 is 7.60 Å². The van der Waals surface area contributed by atoms with E-state index in [0.717, 1.165) is 11.2 Å². The van der Waals surface area contributed by atoms with E-state index in [2.05, 4.69) is 4.52 Å². The molecule has 1 atom stereocenters. The van der Waals surface area contributed by atoms with Crippen LogP contribution in [0.1, 0.15) is 20.8 Å². The van der Waals surface area contributed by atoms with Crippen LogP contribution in [0.5, 0.6) is 0 Å². The lowest BCUT2D eigenvalue weighted by Crippen LogP contribution is -2.44. The van der Waals surface area contributed by atoms with Gasteiger partial charge in [0.25, 0.3) is 5.56 Å². The lowest BCUT2D eigenvalue weighted by molar-refractivity contribution is 0.191. The fraction of sp³-hybridized carbons (Fsp3) is 0.600. The molecule has 7 nitrogen and oxygen atoms in total. The summed E-state index contributed by atoms with van der Waals surface area (Å²) in [6.07, 6.45) is 1.39. The van der Waals surface area contributed by atoms with Gasteiger partial charge in [0.05, 0.1) is 0 Å². The number of rotatable bonds is 3. The van der Waals surface area contributed by atoms with Crippen LogP contribution >= 0.6 is 7.60 Å². The summed E-state index contributed by atoms with van der Waals surface area (Å²) in [5.74, 6) is 0. The molecule has 1 rings (SSSR count). The molecule has 102 valence electrons. The predicted octanol–water partition coefficient (Wildman–Crippen LogP) is 0.554. The third kappa shape index (κ3) is 3.66. The minimum atomic E-state index is -3.73. The molecule has 1 unspecified atom stereocenters. The Labute approximate surface area is 104 Å². The molecule has 0 aliphatic heterocycles. The zero-order valence-electron chi connectivity index (χ0n) is 10.8. The first-order valence-corrected chi connectivity index (χ1v) is 7.32. The van der Waals surface area contributed by atoms with E-state index in [-0.39, 0.29) is 0 Å². The summed E-state index contributed by atoms with van der Waals surface area (Å²) in [5.41, 5.74) is -1.65.